The fourth-order valence-corrected chi connectivity index (χ4v) is 2.84. The number of hydrogen-bond acceptors (Lipinski definition) is 4. The Hall–Kier alpha value is -1.53. The molecule has 0 saturated carbocycles. The van der Waals surface area contributed by atoms with Gasteiger partial charge in [-0.25, -0.2) is 4.98 Å². The van der Waals surface area contributed by atoms with Crippen molar-refractivity contribution in [1.29, 1.82) is 0 Å². The molecular formula is C15H18F2N2OS. The molecule has 21 heavy (non-hydrogen) atoms. The standard InChI is InChI=1S/C15H18F2N2OS/c1-15(2,3)12(18)13-19-11(8-21-13)9-5-4-6-10(7-9)20-14(16)17/h4-8,12,14H,18H2,1-3H3. The van der Waals surface area contributed by atoms with E-state index < -0.39 is 6.61 Å². The van der Waals surface area contributed by atoms with E-state index >= 15 is 0 Å². The lowest BCUT2D eigenvalue weighted by Crippen LogP contribution is -2.26. The maximum atomic E-state index is 12.2. The summed E-state index contributed by atoms with van der Waals surface area (Å²) in [4.78, 5) is 4.52. The highest BCUT2D eigenvalue weighted by atomic mass is 32.1. The van der Waals surface area contributed by atoms with Crippen LogP contribution in [0, 0.1) is 5.41 Å². The first-order valence-electron chi connectivity index (χ1n) is 6.53. The summed E-state index contributed by atoms with van der Waals surface area (Å²) in [6.07, 6.45) is 0. The van der Waals surface area contributed by atoms with Gasteiger partial charge in [0.2, 0.25) is 0 Å². The number of halogens is 2. The molecule has 0 aliphatic carbocycles. The van der Waals surface area contributed by atoms with Gasteiger partial charge in [-0.2, -0.15) is 8.78 Å². The van der Waals surface area contributed by atoms with Crippen LogP contribution in [0.4, 0.5) is 8.78 Å². The SMILES string of the molecule is CC(C)(C)C(N)c1nc(-c2cccc(OC(F)F)c2)cs1. The zero-order valence-electron chi connectivity index (χ0n) is 12.1. The summed E-state index contributed by atoms with van der Waals surface area (Å²) in [5.74, 6) is 0.122. The summed E-state index contributed by atoms with van der Waals surface area (Å²) in [6, 6.07) is 6.34. The first kappa shape index (κ1) is 15.9. The van der Waals surface area contributed by atoms with Crippen molar-refractivity contribution in [3.63, 3.8) is 0 Å². The molecule has 1 unspecified atom stereocenters. The number of alkyl halides is 2. The van der Waals surface area contributed by atoms with Crippen LogP contribution in [0.25, 0.3) is 11.3 Å². The first-order valence-corrected chi connectivity index (χ1v) is 7.41. The van der Waals surface area contributed by atoms with E-state index in [4.69, 9.17) is 5.73 Å². The highest BCUT2D eigenvalue weighted by molar-refractivity contribution is 7.10. The van der Waals surface area contributed by atoms with Crippen LogP contribution < -0.4 is 10.5 Å². The highest BCUT2D eigenvalue weighted by Gasteiger charge is 2.25. The summed E-state index contributed by atoms with van der Waals surface area (Å²) in [5, 5.41) is 2.71. The molecule has 1 heterocycles. The molecule has 2 rings (SSSR count). The van der Waals surface area contributed by atoms with Gasteiger partial charge in [-0.15, -0.1) is 11.3 Å². The van der Waals surface area contributed by atoms with Crippen LogP contribution in [0.2, 0.25) is 0 Å². The van der Waals surface area contributed by atoms with Crippen molar-refractivity contribution in [2.75, 3.05) is 0 Å². The van der Waals surface area contributed by atoms with Crippen LogP contribution in [-0.2, 0) is 0 Å². The van der Waals surface area contributed by atoms with Crippen LogP contribution >= 0.6 is 11.3 Å². The van der Waals surface area contributed by atoms with Gasteiger partial charge in [-0.3, -0.25) is 0 Å². The first-order chi connectivity index (χ1) is 9.77. The summed E-state index contributed by atoms with van der Waals surface area (Å²) in [5.41, 5.74) is 7.55. The quantitative estimate of drug-likeness (QED) is 0.907. The maximum absolute atomic E-state index is 12.2. The lowest BCUT2D eigenvalue weighted by Gasteiger charge is -2.24. The van der Waals surface area contributed by atoms with Crippen LogP contribution in [-0.4, -0.2) is 11.6 Å². The molecule has 0 fully saturated rings. The number of ether oxygens (including phenoxy) is 1. The molecule has 0 spiro atoms. The van der Waals surface area contributed by atoms with Gasteiger partial charge >= 0.3 is 6.61 Å². The number of rotatable bonds is 4. The molecule has 6 heteroatoms. The summed E-state index contributed by atoms with van der Waals surface area (Å²) in [6.45, 7) is 3.32. The largest absolute Gasteiger partial charge is 0.435 e. The van der Waals surface area contributed by atoms with E-state index in [9.17, 15) is 8.78 Å². The van der Waals surface area contributed by atoms with Crippen molar-refractivity contribution >= 4 is 11.3 Å². The third-order valence-corrected chi connectivity index (χ3v) is 4.00. The smallest absolute Gasteiger partial charge is 0.387 e. The summed E-state index contributed by atoms with van der Waals surface area (Å²) < 4.78 is 28.9. The molecular weight excluding hydrogens is 294 g/mol. The molecule has 2 N–H and O–H groups in total. The van der Waals surface area contributed by atoms with Gasteiger partial charge in [0.25, 0.3) is 0 Å². The second kappa shape index (κ2) is 6.07. The predicted molar refractivity (Wildman–Crippen MR) is 80.6 cm³/mol. The van der Waals surface area contributed by atoms with Gasteiger partial charge in [0.05, 0.1) is 11.7 Å². The van der Waals surface area contributed by atoms with Crippen LogP contribution in [0.3, 0.4) is 0 Å². The Bertz CT molecular complexity index is 608. The van der Waals surface area contributed by atoms with Crippen molar-refractivity contribution < 1.29 is 13.5 Å². The van der Waals surface area contributed by atoms with Gasteiger partial charge in [-0.05, 0) is 17.5 Å². The molecule has 0 saturated heterocycles. The Balaban J connectivity index is 2.25. The van der Waals surface area contributed by atoms with Gasteiger partial charge in [0, 0.05) is 10.9 Å². The molecule has 1 aromatic heterocycles. The molecule has 1 aromatic carbocycles. The molecule has 3 nitrogen and oxygen atoms in total. The average molecular weight is 312 g/mol. The van der Waals surface area contributed by atoms with Crippen molar-refractivity contribution in [1.82, 2.24) is 4.98 Å². The van der Waals surface area contributed by atoms with Crippen molar-refractivity contribution in [2.24, 2.45) is 11.1 Å². The molecule has 1 atom stereocenters. The zero-order chi connectivity index (χ0) is 15.6. The topological polar surface area (TPSA) is 48.1 Å². The second-order valence-corrected chi connectivity index (χ2v) is 6.71. The molecule has 2 aromatic rings. The van der Waals surface area contributed by atoms with Crippen molar-refractivity contribution in [3.8, 4) is 17.0 Å². The number of thiazole rings is 1. The minimum Gasteiger partial charge on any atom is -0.435 e. The summed E-state index contributed by atoms with van der Waals surface area (Å²) in [7, 11) is 0. The van der Waals surface area contributed by atoms with Gasteiger partial charge in [0.15, 0.2) is 0 Å². The Morgan fingerprint density at radius 3 is 2.62 bits per heavy atom. The fourth-order valence-electron chi connectivity index (χ4n) is 1.77. The molecule has 114 valence electrons. The normalized spacial score (nSPS) is 13.5. The van der Waals surface area contributed by atoms with Crippen LogP contribution in [0.1, 0.15) is 31.8 Å². The number of nitrogens with zero attached hydrogens (tertiary/aromatic N) is 1. The molecule has 0 radical (unpaired) electrons. The Morgan fingerprint density at radius 1 is 1.29 bits per heavy atom. The zero-order valence-corrected chi connectivity index (χ0v) is 13.0. The van der Waals surface area contributed by atoms with E-state index in [-0.39, 0.29) is 17.2 Å². The van der Waals surface area contributed by atoms with Crippen LogP contribution in [0.5, 0.6) is 5.75 Å². The van der Waals surface area contributed by atoms with E-state index in [0.717, 1.165) is 16.3 Å². The van der Waals surface area contributed by atoms with Gasteiger partial charge in [0.1, 0.15) is 10.8 Å². The van der Waals surface area contributed by atoms with E-state index in [2.05, 4.69) is 30.5 Å². The lowest BCUT2D eigenvalue weighted by molar-refractivity contribution is -0.0498. The minimum absolute atomic E-state index is 0.0875. The highest BCUT2D eigenvalue weighted by Crippen LogP contribution is 2.34. The van der Waals surface area contributed by atoms with Crippen LogP contribution in [0.15, 0.2) is 29.6 Å². The number of hydrogen-bond donors (Lipinski definition) is 1. The van der Waals surface area contributed by atoms with E-state index in [1.807, 2.05) is 5.38 Å². The number of benzene rings is 1. The number of aromatic nitrogens is 1. The second-order valence-electron chi connectivity index (χ2n) is 5.82. The predicted octanol–water partition coefficient (Wildman–Crippen LogP) is 4.46. The molecule has 0 amide bonds. The van der Waals surface area contributed by atoms with E-state index in [0.29, 0.717) is 0 Å². The monoisotopic (exact) mass is 312 g/mol. The van der Waals surface area contributed by atoms with E-state index in [1.165, 1.54) is 17.4 Å². The maximum Gasteiger partial charge on any atom is 0.387 e. The molecule has 0 bridgehead atoms. The van der Waals surface area contributed by atoms with Crippen molar-refractivity contribution in [2.45, 2.75) is 33.4 Å². The minimum atomic E-state index is -2.83. The molecule has 0 aliphatic rings. The third kappa shape index (κ3) is 3.98. The van der Waals surface area contributed by atoms with Gasteiger partial charge < -0.3 is 10.5 Å². The third-order valence-electron chi connectivity index (χ3n) is 3.08. The van der Waals surface area contributed by atoms with Crippen molar-refractivity contribution in [3.05, 3.63) is 34.7 Å². The van der Waals surface area contributed by atoms with Gasteiger partial charge in [-0.1, -0.05) is 32.9 Å². The average Bonchev–Trinajstić information content (AvgIpc) is 2.85. The lowest BCUT2D eigenvalue weighted by atomic mass is 9.88. The Kier molecular flexibility index (Phi) is 4.58. The fraction of sp³-hybridized carbons (Fsp3) is 0.400. The Morgan fingerprint density at radius 2 is 2.00 bits per heavy atom. The Labute approximate surface area is 126 Å². The van der Waals surface area contributed by atoms with E-state index in [1.54, 1.807) is 18.2 Å². The molecule has 0 aliphatic heterocycles. The number of nitrogens with two attached hydrogens (primary N) is 1. The summed E-state index contributed by atoms with van der Waals surface area (Å²) >= 11 is 1.47.